The van der Waals surface area contributed by atoms with Gasteiger partial charge in [0.25, 0.3) is 0 Å². The number of hydrogen-bond donors (Lipinski definition) is 0. The zero-order chi connectivity index (χ0) is 8.85. The normalized spacial score (nSPS) is 11.9. The first-order chi connectivity index (χ1) is 5.06. The highest BCUT2D eigenvalue weighted by atomic mass is 16.5. The number of esters is 1. The second-order valence-corrected chi connectivity index (χ2v) is 3.11. The maximum atomic E-state index is 10.7. The second-order valence-electron chi connectivity index (χ2n) is 3.11. The first kappa shape index (κ1) is 10.2. The summed E-state index contributed by atoms with van der Waals surface area (Å²) in [4.78, 5) is 10.7. The van der Waals surface area contributed by atoms with Crippen molar-refractivity contribution in [2.75, 3.05) is 7.11 Å². The van der Waals surface area contributed by atoms with Gasteiger partial charge in [-0.25, -0.2) is 4.79 Å². The molecule has 0 aliphatic carbocycles. The average Bonchev–Trinajstić information content (AvgIpc) is 1.85. The Hall–Kier alpha value is -0.790. The van der Waals surface area contributed by atoms with Crippen molar-refractivity contribution < 1.29 is 9.53 Å². The van der Waals surface area contributed by atoms with Crippen molar-refractivity contribution in [3.05, 3.63) is 11.6 Å². The van der Waals surface area contributed by atoms with Crippen LogP contribution in [-0.4, -0.2) is 13.1 Å². The van der Waals surface area contributed by atoms with Gasteiger partial charge < -0.3 is 4.74 Å². The number of allylic oxidation sites excluding steroid dienone is 1. The van der Waals surface area contributed by atoms with Crippen LogP contribution in [0.25, 0.3) is 0 Å². The van der Waals surface area contributed by atoms with Crippen LogP contribution in [0.3, 0.4) is 0 Å². The summed E-state index contributed by atoms with van der Waals surface area (Å²) in [6, 6.07) is 0. The molecular weight excluding hydrogens is 140 g/mol. The van der Waals surface area contributed by atoms with Crippen molar-refractivity contribution in [2.24, 2.45) is 5.92 Å². The fraction of sp³-hybridized carbons (Fsp3) is 0.667. The summed E-state index contributed by atoms with van der Waals surface area (Å²) in [6.45, 7) is 6.18. The van der Waals surface area contributed by atoms with Gasteiger partial charge in [0.15, 0.2) is 0 Å². The van der Waals surface area contributed by atoms with Crippen molar-refractivity contribution in [3.8, 4) is 0 Å². The largest absolute Gasteiger partial charge is 0.466 e. The number of ether oxygens (including phenoxy) is 1. The molecule has 0 aromatic carbocycles. The lowest BCUT2D eigenvalue weighted by Gasteiger charge is -2.03. The number of hydrogen-bond acceptors (Lipinski definition) is 2. The summed E-state index contributed by atoms with van der Waals surface area (Å²) < 4.78 is 4.49. The van der Waals surface area contributed by atoms with Gasteiger partial charge in [-0.3, -0.25) is 0 Å². The van der Waals surface area contributed by atoms with E-state index in [-0.39, 0.29) is 5.97 Å². The third-order valence-electron chi connectivity index (χ3n) is 1.30. The van der Waals surface area contributed by atoms with E-state index in [1.807, 2.05) is 6.92 Å². The number of carbonyl (C=O) groups excluding carboxylic acids is 1. The quantitative estimate of drug-likeness (QED) is 0.462. The van der Waals surface area contributed by atoms with Gasteiger partial charge in [-0.05, 0) is 19.3 Å². The Morgan fingerprint density at radius 1 is 1.55 bits per heavy atom. The summed E-state index contributed by atoms with van der Waals surface area (Å²) in [5.41, 5.74) is 1.08. The van der Waals surface area contributed by atoms with Crippen molar-refractivity contribution in [1.29, 1.82) is 0 Å². The Kier molecular flexibility index (Phi) is 4.59. The Bertz CT molecular complexity index is 157. The molecule has 0 saturated heterocycles. The maximum Gasteiger partial charge on any atom is 0.330 e. The van der Waals surface area contributed by atoms with E-state index in [0.29, 0.717) is 5.92 Å². The lowest BCUT2D eigenvalue weighted by Crippen LogP contribution is -1.97. The molecule has 0 amide bonds. The van der Waals surface area contributed by atoms with E-state index in [0.717, 1.165) is 12.0 Å². The van der Waals surface area contributed by atoms with Crippen LogP contribution in [0.2, 0.25) is 0 Å². The van der Waals surface area contributed by atoms with E-state index in [2.05, 4.69) is 18.6 Å². The van der Waals surface area contributed by atoms with Crippen LogP contribution in [0, 0.1) is 5.92 Å². The molecular formula is C9H16O2. The van der Waals surface area contributed by atoms with Gasteiger partial charge in [0.2, 0.25) is 0 Å². The van der Waals surface area contributed by atoms with Crippen molar-refractivity contribution in [3.63, 3.8) is 0 Å². The molecule has 0 N–H and O–H groups in total. The van der Waals surface area contributed by atoms with E-state index >= 15 is 0 Å². The van der Waals surface area contributed by atoms with Crippen molar-refractivity contribution in [1.82, 2.24) is 0 Å². The highest BCUT2D eigenvalue weighted by Gasteiger charge is 1.98. The van der Waals surface area contributed by atoms with E-state index in [9.17, 15) is 4.79 Å². The standard InChI is InChI=1S/C9H16O2/c1-7(2)5-8(3)6-9(10)11-4/h6-7H,5H2,1-4H3/b8-6+. The predicted molar refractivity (Wildman–Crippen MR) is 45.2 cm³/mol. The summed E-state index contributed by atoms with van der Waals surface area (Å²) in [6.07, 6.45) is 2.50. The molecule has 2 heteroatoms. The van der Waals surface area contributed by atoms with Gasteiger partial charge in [-0.1, -0.05) is 19.4 Å². The molecule has 0 unspecified atom stereocenters. The van der Waals surface area contributed by atoms with Gasteiger partial charge in [0.1, 0.15) is 0 Å². The third-order valence-corrected chi connectivity index (χ3v) is 1.30. The zero-order valence-corrected chi connectivity index (χ0v) is 7.68. The van der Waals surface area contributed by atoms with E-state index in [4.69, 9.17) is 0 Å². The number of rotatable bonds is 3. The molecule has 0 heterocycles. The minimum Gasteiger partial charge on any atom is -0.466 e. The number of methoxy groups -OCH3 is 1. The van der Waals surface area contributed by atoms with Crippen LogP contribution in [0.4, 0.5) is 0 Å². The van der Waals surface area contributed by atoms with Gasteiger partial charge in [0, 0.05) is 6.08 Å². The highest BCUT2D eigenvalue weighted by molar-refractivity contribution is 5.82. The number of carbonyl (C=O) groups is 1. The molecule has 11 heavy (non-hydrogen) atoms. The Morgan fingerprint density at radius 2 is 2.09 bits per heavy atom. The molecule has 2 nitrogen and oxygen atoms in total. The van der Waals surface area contributed by atoms with E-state index < -0.39 is 0 Å². The summed E-state index contributed by atoms with van der Waals surface area (Å²) in [5.74, 6) is 0.332. The SMILES string of the molecule is COC(=O)/C=C(\C)CC(C)C. The molecule has 0 fully saturated rings. The molecule has 0 radical (unpaired) electrons. The predicted octanol–water partition coefficient (Wildman–Crippen LogP) is 2.15. The van der Waals surface area contributed by atoms with Crippen LogP contribution < -0.4 is 0 Å². The highest BCUT2D eigenvalue weighted by Crippen LogP contribution is 2.09. The zero-order valence-electron chi connectivity index (χ0n) is 7.68. The monoisotopic (exact) mass is 156 g/mol. The minimum absolute atomic E-state index is 0.261. The van der Waals surface area contributed by atoms with Gasteiger partial charge in [-0.15, -0.1) is 0 Å². The smallest absolute Gasteiger partial charge is 0.330 e. The maximum absolute atomic E-state index is 10.7. The molecule has 0 aromatic heterocycles. The molecule has 0 aromatic rings. The van der Waals surface area contributed by atoms with Gasteiger partial charge >= 0.3 is 5.97 Å². The minimum atomic E-state index is -0.261. The first-order valence-corrected chi connectivity index (χ1v) is 3.81. The van der Waals surface area contributed by atoms with Gasteiger partial charge in [0.05, 0.1) is 7.11 Å². The molecule has 0 bridgehead atoms. The molecule has 64 valence electrons. The summed E-state index contributed by atoms with van der Waals surface area (Å²) >= 11 is 0. The lowest BCUT2D eigenvalue weighted by molar-refractivity contribution is -0.134. The summed E-state index contributed by atoms with van der Waals surface area (Å²) in [5, 5.41) is 0. The molecule has 0 spiro atoms. The van der Waals surface area contributed by atoms with Crippen LogP contribution in [0.15, 0.2) is 11.6 Å². The molecule has 0 atom stereocenters. The Morgan fingerprint density at radius 3 is 2.45 bits per heavy atom. The second kappa shape index (κ2) is 4.94. The summed E-state index contributed by atoms with van der Waals surface area (Å²) in [7, 11) is 1.39. The van der Waals surface area contributed by atoms with Gasteiger partial charge in [-0.2, -0.15) is 0 Å². The van der Waals surface area contributed by atoms with Crippen LogP contribution in [0.5, 0.6) is 0 Å². The fourth-order valence-corrected chi connectivity index (χ4v) is 0.963. The van der Waals surface area contributed by atoms with E-state index in [1.54, 1.807) is 6.08 Å². The Balaban J connectivity index is 3.90. The first-order valence-electron chi connectivity index (χ1n) is 3.81. The molecule has 0 saturated carbocycles. The molecule has 0 aliphatic rings. The fourth-order valence-electron chi connectivity index (χ4n) is 0.963. The van der Waals surface area contributed by atoms with Crippen molar-refractivity contribution >= 4 is 5.97 Å². The average molecular weight is 156 g/mol. The van der Waals surface area contributed by atoms with Crippen molar-refractivity contribution in [2.45, 2.75) is 27.2 Å². The van der Waals surface area contributed by atoms with Crippen LogP contribution in [-0.2, 0) is 9.53 Å². The molecule has 0 rings (SSSR count). The molecule has 0 aliphatic heterocycles. The van der Waals surface area contributed by atoms with Crippen LogP contribution in [0.1, 0.15) is 27.2 Å². The van der Waals surface area contributed by atoms with Crippen LogP contribution >= 0.6 is 0 Å². The van der Waals surface area contributed by atoms with E-state index in [1.165, 1.54) is 7.11 Å². The Labute approximate surface area is 68.2 Å². The topological polar surface area (TPSA) is 26.3 Å². The lowest BCUT2D eigenvalue weighted by atomic mass is 10.0. The third kappa shape index (κ3) is 5.64.